The molecule has 0 spiro atoms. The maximum absolute atomic E-state index is 12.7. The molecule has 116 valence electrons. The molecule has 2 fully saturated rings. The molecule has 2 atom stereocenters. The topological polar surface area (TPSA) is 50.2 Å². The maximum Gasteiger partial charge on any atom is 0.291 e. The zero-order valence-corrected chi connectivity index (χ0v) is 13.4. The Morgan fingerprint density at radius 1 is 1.33 bits per heavy atom. The molecule has 6 heteroatoms. The number of aromatic nitrogens is 2. The fourth-order valence-electron chi connectivity index (χ4n) is 3.30. The molecular weight excluding hydrogens is 288 g/mol. The Labute approximate surface area is 130 Å². The van der Waals surface area contributed by atoms with Gasteiger partial charge in [-0.1, -0.05) is 18.0 Å². The normalized spacial score (nSPS) is 26.7. The highest BCUT2D eigenvalue weighted by Gasteiger charge is 2.26. The second kappa shape index (κ2) is 5.97. The van der Waals surface area contributed by atoms with Gasteiger partial charge in [0, 0.05) is 31.7 Å². The van der Waals surface area contributed by atoms with E-state index >= 15 is 0 Å². The van der Waals surface area contributed by atoms with Gasteiger partial charge in [0.25, 0.3) is 5.56 Å². The molecule has 0 aromatic carbocycles. The number of halogens is 1. The highest BCUT2D eigenvalue weighted by atomic mass is 35.5. The Morgan fingerprint density at radius 3 is 2.57 bits per heavy atom. The van der Waals surface area contributed by atoms with E-state index in [-0.39, 0.29) is 5.56 Å². The van der Waals surface area contributed by atoms with E-state index in [0.717, 1.165) is 19.6 Å². The maximum atomic E-state index is 12.7. The molecule has 3 rings (SSSR count). The lowest BCUT2D eigenvalue weighted by atomic mass is 9.85. The van der Waals surface area contributed by atoms with Gasteiger partial charge in [-0.15, -0.1) is 0 Å². The molecule has 2 unspecified atom stereocenters. The lowest BCUT2D eigenvalue weighted by Gasteiger charge is -2.37. The summed E-state index contributed by atoms with van der Waals surface area (Å²) in [5, 5.41) is 8.16. The van der Waals surface area contributed by atoms with Crippen LogP contribution in [0.3, 0.4) is 0 Å². The second-order valence-electron chi connectivity index (χ2n) is 6.50. The highest BCUT2D eigenvalue weighted by Crippen LogP contribution is 2.28. The van der Waals surface area contributed by atoms with E-state index in [0.29, 0.717) is 28.7 Å². The molecule has 1 saturated heterocycles. The van der Waals surface area contributed by atoms with Crippen LogP contribution in [0.2, 0.25) is 5.02 Å². The summed E-state index contributed by atoms with van der Waals surface area (Å²) in [4.78, 5) is 14.8. The number of anilines is 1. The SMILES string of the molecule is CC1CN(c2c(Cl)cnn(CC3CCC3)c2=O)CC(C)N1. The van der Waals surface area contributed by atoms with Gasteiger partial charge in [-0.25, -0.2) is 4.68 Å². The summed E-state index contributed by atoms with van der Waals surface area (Å²) >= 11 is 6.28. The molecule has 0 amide bonds. The van der Waals surface area contributed by atoms with E-state index in [4.69, 9.17) is 11.6 Å². The van der Waals surface area contributed by atoms with Crippen molar-refractivity contribution in [2.45, 2.75) is 51.7 Å². The smallest absolute Gasteiger partial charge is 0.291 e. The van der Waals surface area contributed by atoms with Crippen molar-refractivity contribution in [2.24, 2.45) is 5.92 Å². The van der Waals surface area contributed by atoms with Crippen LogP contribution in [0.1, 0.15) is 33.1 Å². The number of piperazine rings is 1. The van der Waals surface area contributed by atoms with Gasteiger partial charge in [0.05, 0.1) is 11.2 Å². The Bertz CT molecular complexity index is 559. The van der Waals surface area contributed by atoms with Gasteiger partial charge in [0.15, 0.2) is 0 Å². The summed E-state index contributed by atoms with van der Waals surface area (Å²) in [6.45, 7) is 6.58. The van der Waals surface area contributed by atoms with Gasteiger partial charge < -0.3 is 10.2 Å². The van der Waals surface area contributed by atoms with Gasteiger partial charge >= 0.3 is 0 Å². The molecule has 1 aromatic heterocycles. The fraction of sp³-hybridized carbons (Fsp3) is 0.733. The molecule has 1 aromatic rings. The van der Waals surface area contributed by atoms with E-state index < -0.39 is 0 Å². The van der Waals surface area contributed by atoms with Crippen LogP contribution in [0.15, 0.2) is 11.0 Å². The van der Waals surface area contributed by atoms with Crippen LogP contribution in [0.25, 0.3) is 0 Å². The third-order valence-electron chi connectivity index (χ3n) is 4.50. The number of nitrogens with one attached hydrogen (secondary N) is 1. The van der Waals surface area contributed by atoms with Crippen molar-refractivity contribution >= 4 is 17.3 Å². The minimum absolute atomic E-state index is 0.0456. The third-order valence-corrected chi connectivity index (χ3v) is 4.78. The number of nitrogens with zero attached hydrogens (tertiary/aromatic N) is 3. The zero-order valence-electron chi connectivity index (χ0n) is 12.7. The number of rotatable bonds is 3. The highest BCUT2D eigenvalue weighted by molar-refractivity contribution is 6.33. The molecule has 1 aliphatic heterocycles. The third kappa shape index (κ3) is 3.09. The van der Waals surface area contributed by atoms with E-state index in [2.05, 4.69) is 29.2 Å². The van der Waals surface area contributed by atoms with Crippen LogP contribution < -0.4 is 15.8 Å². The number of hydrogen-bond acceptors (Lipinski definition) is 4. The second-order valence-corrected chi connectivity index (χ2v) is 6.91. The van der Waals surface area contributed by atoms with Crippen molar-refractivity contribution in [3.05, 3.63) is 21.6 Å². The summed E-state index contributed by atoms with van der Waals surface area (Å²) in [7, 11) is 0. The molecule has 21 heavy (non-hydrogen) atoms. The molecule has 1 saturated carbocycles. The summed E-state index contributed by atoms with van der Waals surface area (Å²) in [5.74, 6) is 0.602. The Hall–Kier alpha value is -1.07. The summed E-state index contributed by atoms with van der Waals surface area (Å²) in [6, 6.07) is 0.690. The monoisotopic (exact) mass is 310 g/mol. The molecule has 5 nitrogen and oxygen atoms in total. The largest absolute Gasteiger partial charge is 0.363 e. The molecule has 0 radical (unpaired) electrons. The molecule has 1 N–H and O–H groups in total. The Kier molecular flexibility index (Phi) is 4.22. The molecule has 2 aliphatic rings. The summed E-state index contributed by atoms with van der Waals surface area (Å²) in [5.41, 5.74) is 0.571. The Balaban J connectivity index is 1.89. The van der Waals surface area contributed by atoms with Crippen LogP contribution in [0.5, 0.6) is 0 Å². The van der Waals surface area contributed by atoms with Crippen molar-refractivity contribution in [2.75, 3.05) is 18.0 Å². The predicted octanol–water partition coefficient (Wildman–Crippen LogP) is 1.88. The summed E-state index contributed by atoms with van der Waals surface area (Å²) in [6.07, 6.45) is 5.29. The average Bonchev–Trinajstić information content (AvgIpc) is 2.34. The van der Waals surface area contributed by atoms with Crippen molar-refractivity contribution < 1.29 is 0 Å². The van der Waals surface area contributed by atoms with Gasteiger partial charge in [0.2, 0.25) is 0 Å². The van der Waals surface area contributed by atoms with Gasteiger partial charge in [-0.3, -0.25) is 4.79 Å². The standard InChI is InChI=1S/C15H23ClN4O/c1-10-7-19(8-11(2)18-10)14-13(16)6-17-20(15(14)21)9-12-4-3-5-12/h6,10-12,18H,3-5,7-9H2,1-2H3. The van der Waals surface area contributed by atoms with Crippen molar-refractivity contribution in [1.82, 2.24) is 15.1 Å². The van der Waals surface area contributed by atoms with Crippen molar-refractivity contribution in [3.8, 4) is 0 Å². The van der Waals surface area contributed by atoms with Crippen LogP contribution in [0, 0.1) is 5.92 Å². The van der Waals surface area contributed by atoms with Crippen LogP contribution in [-0.2, 0) is 6.54 Å². The lowest BCUT2D eigenvalue weighted by Crippen LogP contribution is -2.55. The first-order valence-electron chi connectivity index (χ1n) is 7.81. The fourth-order valence-corrected chi connectivity index (χ4v) is 3.55. The average molecular weight is 311 g/mol. The first-order valence-corrected chi connectivity index (χ1v) is 8.19. The van der Waals surface area contributed by atoms with E-state index in [9.17, 15) is 4.79 Å². The Morgan fingerprint density at radius 2 is 2.00 bits per heavy atom. The van der Waals surface area contributed by atoms with E-state index in [1.54, 1.807) is 10.9 Å². The van der Waals surface area contributed by atoms with E-state index in [1.165, 1.54) is 19.3 Å². The minimum Gasteiger partial charge on any atom is -0.363 e. The first-order chi connectivity index (χ1) is 10.0. The van der Waals surface area contributed by atoms with Gasteiger partial charge in [0.1, 0.15) is 5.69 Å². The minimum atomic E-state index is -0.0456. The molecule has 2 heterocycles. The predicted molar refractivity (Wildman–Crippen MR) is 85.1 cm³/mol. The van der Waals surface area contributed by atoms with Gasteiger partial charge in [-0.2, -0.15) is 5.10 Å². The van der Waals surface area contributed by atoms with E-state index in [1.807, 2.05) is 0 Å². The molecular formula is C15H23ClN4O. The van der Waals surface area contributed by atoms with Crippen LogP contribution >= 0.6 is 11.6 Å². The van der Waals surface area contributed by atoms with Crippen LogP contribution in [0.4, 0.5) is 5.69 Å². The lowest BCUT2D eigenvalue weighted by molar-refractivity contribution is 0.261. The first kappa shape index (κ1) is 14.9. The van der Waals surface area contributed by atoms with Crippen molar-refractivity contribution in [1.29, 1.82) is 0 Å². The van der Waals surface area contributed by atoms with Crippen LogP contribution in [-0.4, -0.2) is 35.0 Å². The summed E-state index contributed by atoms with van der Waals surface area (Å²) < 4.78 is 1.60. The molecule has 0 bridgehead atoms. The zero-order chi connectivity index (χ0) is 15.0. The quantitative estimate of drug-likeness (QED) is 0.926. The number of hydrogen-bond donors (Lipinski definition) is 1. The molecule has 1 aliphatic carbocycles. The van der Waals surface area contributed by atoms with Gasteiger partial charge in [-0.05, 0) is 32.6 Å². The van der Waals surface area contributed by atoms with Crippen molar-refractivity contribution in [3.63, 3.8) is 0 Å².